The Kier molecular flexibility index (Phi) is 8.03. The van der Waals surface area contributed by atoms with Crippen LogP contribution in [0.4, 0.5) is 0 Å². The molecule has 7 rings (SSSR count). The molecule has 2 aromatic carbocycles. The Morgan fingerprint density at radius 3 is 2.40 bits per heavy atom. The predicted molar refractivity (Wildman–Crippen MR) is 166 cm³/mol. The number of benzene rings is 2. The molecule has 4 fully saturated rings. The minimum absolute atomic E-state index is 0.0464. The van der Waals surface area contributed by atoms with E-state index in [2.05, 4.69) is 63.5 Å². The molecule has 5 aliphatic rings. The van der Waals surface area contributed by atoms with Crippen molar-refractivity contribution in [2.75, 3.05) is 0 Å². The van der Waals surface area contributed by atoms with Gasteiger partial charge in [-0.1, -0.05) is 82.3 Å². The van der Waals surface area contributed by atoms with E-state index in [1.165, 1.54) is 17.5 Å². The number of carbonyl (C=O) groups excluding carboxylic acids is 2. The van der Waals surface area contributed by atoms with Gasteiger partial charge < -0.3 is 19.9 Å². The molecule has 1 unspecified atom stereocenters. The number of aryl methyl sites for hydroxylation is 1. The quantitative estimate of drug-likeness (QED) is 0.401. The van der Waals surface area contributed by atoms with Crippen LogP contribution in [-0.2, 0) is 38.2 Å². The van der Waals surface area contributed by atoms with Crippen molar-refractivity contribution in [2.24, 2.45) is 29.1 Å². The summed E-state index contributed by atoms with van der Waals surface area (Å²) in [7, 11) is -0.496. The van der Waals surface area contributed by atoms with E-state index in [-0.39, 0.29) is 40.8 Å². The molecule has 0 aromatic heterocycles. The largest absolute Gasteiger partial charge is 0.481 e. The van der Waals surface area contributed by atoms with Crippen LogP contribution in [0, 0.1) is 29.1 Å². The first-order valence-electron chi connectivity index (χ1n) is 16.1. The summed E-state index contributed by atoms with van der Waals surface area (Å²) in [6, 6.07) is 17.6. The Hall–Kier alpha value is -2.64. The Bertz CT molecular complexity index is 1300. The van der Waals surface area contributed by atoms with E-state index in [1.807, 2.05) is 36.4 Å². The molecule has 0 radical (unpaired) electrons. The number of hydrogen-bond acceptors (Lipinski definition) is 4. The van der Waals surface area contributed by atoms with Crippen molar-refractivity contribution in [3.8, 4) is 0 Å². The molecule has 4 aliphatic carbocycles. The van der Waals surface area contributed by atoms with E-state index in [0.717, 1.165) is 31.2 Å². The highest BCUT2D eigenvalue weighted by atomic mass is 16.7. The zero-order valence-corrected chi connectivity index (χ0v) is 25.9. The molecule has 2 aromatic rings. The number of fused-ring (bicyclic) bond motifs is 1. The summed E-state index contributed by atoms with van der Waals surface area (Å²) in [5, 5.41) is 6.47. The zero-order chi connectivity index (χ0) is 29.6. The summed E-state index contributed by atoms with van der Waals surface area (Å²) < 4.78 is 13.4. The monoisotopic (exact) mass is 570 g/mol. The molecular weight excluding hydrogens is 523 g/mol. The molecule has 224 valence electrons. The maximum absolute atomic E-state index is 14.0. The lowest BCUT2D eigenvalue weighted by Crippen LogP contribution is -2.65. The Labute approximate surface area is 251 Å². The molecule has 2 amide bonds. The molecule has 2 N–H and O–H groups in total. The molecule has 1 saturated heterocycles. The summed E-state index contributed by atoms with van der Waals surface area (Å²) in [6.45, 7) is 11.3. The molecule has 6 nitrogen and oxygen atoms in total. The molecule has 1 aliphatic heterocycles. The van der Waals surface area contributed by atoms with Crippen molar-refractivity contribution in [3.05, 3.63) is 71.3 Å². The third-order valence-corrected chi connectivity index (χ3v) is 11.0. The fourth-order valence-electron chi connectivity index (χ4n) is 8.37. The van der Waals surface area contributed by atoms with Gasteiger partial charge in [-0.2, -0.15) is 0 Å². The van der Waals surface area contributed by atoms with Crippen LogP contribution in [0.1, 0.15) is 77.0 Å². The molecule has 1 heterocycles. The average molecular weight is 571 g/mol. The van der Waals surface area contributed by atoms with Gasteiger partial charge >= 0.3 is 7.12 Å². The lowest BCUT2D eigenvalue weighted by molar-refractivity contribution is -0.199. The van der Waals surface area contributed by atoms with Crippen LogP contribution in [0.3, 0.4) is 0 Å². The second-order valence-corrected chi connectivity index (χ2v) is 14.5. The first kappa shape index (κ1) is 29.4. The zero-order valence-electron chi connectivity index (χ0n) is 25.9. The molecule has 7 heteroatoms. The SMILES string of the molecule is CC(C)C[C@H](NC(=O)[C@H](Cc1ccccc1)NC(=O)C1CCc2ccccc2C1)B1O[C@@H]2C[C@@H]3C[C@@H](C3(C)C)[C@]2(C)O1. The minimum atomic E-state index is -0.683. The van der Waals surface area contributed by atoms with E-state index in [0.29, 0.717) is 30.6 Å². The van der Waals surface area contributed by atoms with Gasteiger partial charge in [0.25, 0.3) is 0 Å². The Morgan fingerprint density at radius 2 is 1.69 bits per heavy atom. The molecule has 3 saturated carbocycles. The van der Waals surface area contributed by atoms with Gasteiger partial charge in [-0.3, -0.25) is 9.59 Å². The normalized spacial score (nSPS) is 30.5. The van der Waals surface area contributed by atoms with Gasteiger partial charge in [0.05, 0.1) is 17.6 Å². The number of carbonyl (C=O) groups is 2. The molecule has 0 spiro atoms. The van der Waals surface area contributed by atoms with E-state index < -0.39 is 13.2 Å². The topological polar surface area (TPSA) is 76.7 Å². The minimum Gasteiger partial charge on any atom is -0.404 e. The molecule has 2 bridgehead atoms. The number of rotatable bonds is 9. The summed E-state index contributed by atoms with van der Waals surface area (Å²) in [5.41, 5.74) is 3.49. The molecule has 42 heavy (non-hydrogen) atoms. The first-order chi connectivity index (χ1) is 20.0. The van der Waals surface area contributed by atoms with Gasteiger partial charge in [-0.25, -0.2) is 0 Å². The highest BCUT2D eigenvalue weighted by Gasteiger charge is 2.68. The Morgan fingerprint density at radius 1 is 0.976 bits per heavy atom. The maximum Gasteiger partial charge on any atom is 0.481 e. The van der Waals surface area contributed by atoms with Crippen molar-refractivity contribution in [2.45, 2.75) is 103 Å². The van der Waals surface area contributed by atoms with Crippen LogP contribution < -0.4 is 10.6 Å². The predicted octanol–water partition coefficient (Wildman–Crippen LogP) is 5.32. The van der Waals surface area contributed by atoms with Crippen molar-refractivity contribution < 1.29 is 18.9 Å². The fourth-order valence-corrected chi connectivity index (χ4v) is 8.37. The number of nitrogens with one attached hydrogen (secondary N) is 2. The van der Waals surface area contributed by atoms with Crippen LogP contribution in [0.25, 0.3) is 0 Å². The van der Waals surface area contributed by atoms with Crippen molar-refractivity contribution in [1.82, 2.24) is 10.6 Å². The summed E-state index contributed by atoms with van der Waals surface area (Å²) in [4.78, 5) is 27.7. The standard InChI is InChI=1S/C35H47BN2O4/c1-22(2)17-31(36-41-30-21-27-20-29(34(27,3)4)35(30,5)42-36)38-33(40)28(18-23-11-7-6-8-12-23)37-32(39)26-16-15-24-13-9-10-14-25(24)19-26/h6-14,22,26-31H,15-21H2,1-5H3,(H,37,39)(H,38,40)/t26?,27-,28-,29-,30+,31-,35-/m0/s1. The summed E-state index contributed by atoms with van der Waals surface area (Å²) >= 11 is 0. The van der Waals surface area contributed by atoms with Crippen LogP contribution in [0.15, 0.2) is 54.6 Å². The van der Waals surface area contributed by atoms with Crippen LogP contribution in [-0.4, -0.2) is 42.6 Å². The third kappa shape index (κ3) is 5.55. The highest BCUT2D eigenvalue weighted by molar-refractivity contribution is 6.48. The van der Waals surface area contributed by atoms with E-state index in [9.17, 15) is 9.59 Å². The summed E-state index contributed by atoms with van der Waals surface area (Å²) in [5.74, 6) is 0.806. The van der Waals surface area contributed by atoms with Crippen molar-refractivity contribution >= 4 is 18.9 Å². The van der Waals surface area contributed by atoms with E-state index >= 15 is 0 Å². The smallest absolute Gasteiger partial charge is 0.404 e. The third-order valence-electron chi connectivity index (χ3n) is 11.0. The van der Waals surface area contributed by atoms with Gasteiger partial charge in [-0.05, 0) is 85.3 Å². The number of hydrogen-bond donors (Lipinski definition) is 2. The molecule has 7 atom stereocenters. The van der Waals surface area contributed by atoms with Crippen LogP contribution >= 0.6 is 0 Å². The van der Waals surface area contributed by atoms with Crippen LogP contribution in [0.2, 0.25) is 0 Å². The van der Waals surface area contributed by atoms with Gasteiger partial charge in [0.15, 0.2) is 0 Å². The van der Waals surface area contributed by atoms with E-state index in [4.69, 9.17) is 9.31 Å². The first-order valence-corrected chi connectivity index (χ1v) is 16.1. The van der Waals surface area contributed by atoms with Crippen molar-refractivity contribution in [1.29, 1.82) is 0 Å². The van der Waals surface area contributed by atoms with Gasteiger partial charge in [0.2, 0.25) is 11.8 Å². The average Bonchev–Trinajstić information content (AvgIpc) is 3.33. The number of amides is 2. The Balaban J connectivity index is 1.18. The van der Waals surface area contributed by atoms with Gasteiger partial charge in [-0.15, -0.1) is 0 Å². The maximum atomic E-state index is 14.0. The lowest BCUT2D eigenvalue weighted by Gasteiger charge is -2.64. The highest BCUT2D eigenvalue weighted by Crippen LogP contribution is 2.65. The summed E-state index contributed by atoms with van der Waals surface area (Å²) in [6.07, 6.45) is 5.81. The van der Waals surface area contributed by atoms with Gasteiger partial charge in [0, 0.05) is 12.3 Å². The lowest BCUT2D eigenvalue weighted by atomic mass is 9.43. The molecular formula is C35H47BN2O4. The van der Waals surface area contributed by atoms with Crippen molar-refractivity contribution in [3.63, 3.8) is 0 Å². The van der Waals surface area contributed by atoms with Gasteiger partial charge in [0.1, 0.15) is 6.04 Å². The fraction of sp³-hybridized carbons (Fsp3) is 0.600. The second-order valence-electron chi connectivity index (χ2n) is 14.5. The van der Waals surface area contributed by atoms with E-state index in [1.54, 1.807) is 0 Å². The van der Waals surface area contributed by atoms with Crippen LogP contribution in [0.5, 0.6) is 0 Å². The second kappa shape index (κ2) is 11.5.